The molecule has 2 aromatic rings. The minimum absolute atomic E-state index is 0.0601. The van der Waals surface area contributed by atoms with Gasteiger partial charge in [0, 0.05) is 18.2 Å². The van der Waals surface area contributed by atoms with E-state index in [2.05, 4.69) is 5.32 Å². The van der Waals surface area contributed by atoms with E-state index in [1.807, 2.05) is 45.0 Å². The highest BCUT2D eigenvalue weighted by Crippen LogP contribution is 2.22. The Morgan fingerprint density at radius 3 is 2.60 bits per heavy atom. The standard InChI is InChI=1S/C20H23FN2O2/c1-13(2)25-17-6-4-5-16(10-17)20(24)12-23-14(3)18-8-7-15(11-22)9-19(18)21/h4-10,13-14,20,23-24H,12H2,1-3H3. The minimum Gasteiger partial charge on any atom is -0.491 e. The monoisotopic (exact) mass is 342 g/mol. The average Bonchev–Trinajstić information content (AvgIpc) is 2.58. The molecule has 0 saturated carbocycles. The predicted molar refractivity (Wildman–Crippen MR) is 94.7 cm³/mol. The molecule has 5 heteroatoms. The van der Waals surface area contributed by atoms with E-state index < -0.39 is 11.9 Å². The van der Waals surface area contributed by atoms with E-state index in [1.54, 1.807) is 18.2 Å². The topological polar surface area (TPSA) is 65.3 Å². The van der Waals surface area contributed by atoms with Crippen molar-refractivity contribution in [3.05, 3.63) is 65.0 Å². The van der Waals surface area contributed by atoms with Crippen LogP contribution < -0.4 is 10.1 Å². The summed E-state index contributed by atoms with van der Waals surface area (Å²) in [5.41, 5.74) is 1.48. The lowest BCUT2D eigenvalue weighted by Gasteiger charge is -2.19. The van der Waals surface area contributed by atoms with Crippen LogP contribution in [0.15, 0.2) is 42.5 Å². The molecule has 132 valence electrons. The van der Waals surface area contributed by atoms with E-state index in [9.17, 15) is 9.50 Å². The lowest BCUT2D eigenvalue weighted by molar-refractivity contribution is 0.169. The third-order valence-corrected chi connectivity index (χ3v) is 3.83. The Bertz CT molecular complexity index is 756. The van der Waals surface area contributed by atoms with Gasteiger partial charge in [-0.15, -0.1) is 0 Å². The first kappa shape index (κ1) is 18.9. The number of hydrogen-bond donors (Lipinski definition) is 2. The van der Waals surface area contributed by atoms with Crippen molar-refractivity contribution in [2.75, 3.05) is 6.54 Å². The van der Waals surface area contributed by atoms with Crippen LogP contribution in [0, 0.1) is 17.1 Å². The Labute approximate surface area is 147 Å². The van der Waals surface area contributed by atoms with Crippen LogP contribution >= 0.6 is 0 Å². The van der Waals surface area contributed by atoms with Gasteiger partial charge in [0.05, 0.1) is 23.8 Å². The van der Waals surface area contributed by atoms with Crippen molar-refractivity contribution in [2.24, 2.45) is 0 Å². The second kappa shape index (κ2) is 8.61. The first-order valence-electron chi connectivity index (χ1n) is 8.28. The zero-order valence-corrected chi connectivity index (χ0v) is 14.7. The highest BCUT2D eigenvalue weighted by molar-refractivity contribution is 5.34. The summed E-state index contributed by atoms with van der Waals surface area (Å²) in [5, 5.41) is 22.3. The number of aliphatic hydroxyl groups excluding tert-OH is 1. The lowest BCUT2D eigenvalue weighted by Crippen LogP contribution is -2.25. The molecule has 2 atom stereocenters. The van der Waals surface area contributed by atoms with Crippen LogP contribution in [0.2, 0.25) is 0 Å². The third kappa shape index (κ3) is 5.28. The second-order valence-electron chi connectivity index (χ2n) is 6.23. The number of halogens is 1. The molecular weight excluding hydrogens is 319 g/mol. The minimum atomic E-state index is -0.736. The van der Waals surface area contributed by atoms with Crippen LogP contribution in [0.3, 0.4) is 0 Å². The fourth-order valence-corrected chi connectivity index (χ4v) is 2.53. The van der Waals surface area contributed by atoms with Gasteiger partial charge in [-0.25, -0.2) is 4.39 Å². The summed E-state index contributed by atoms with van der Waals surface area (Å²) >= 11 is 0. The molecule has 0 heterocycles. The molecule has 0 aliphatic rings. The normalized spacial score (nSPS) is 13.3. The zero-order chi connectivity index (χ0) is 18.4. The average molecular weight is 342 g/mol. The molecule has 0 aliphatic heterocycles. The fourth-order valence-electron chi connectivity index (χ4n) is 2.53. The fraction of sp³-hybridized carbons (Fsp3) is 0.350. The number of hydrogen-bond acceptors (Lipinski definition) is 4. The largest absolute Gasteiger partial charge is 0.491 e. The highest BCUT2D eigenvalue weighted by atomic mass is 19.1. The maximum absolute atomic E-state index is 14.0. The number of benzene rings is 2. The molecule has 0 radical (unpaired) electrons. The van der Waals surface area contributed by atoms with Crippen molar-refractivity contribution in [1.82, 2.24) is 5.32 Å². The maximum Gasteiger partial charge on any atom is 0.129 e. The van der Waals surface area contributed by atoms with E-state index in [4.69, 9.17) is 10.00 Å². The van der Waals surface area contributed by atoms with E-state index in [0.717, 1.165) is 5.56 Å². The maximum atomic E-state index is 14.0. The Morgan fingerprint density at radius 1 is 1.20 bits per heavy atom. The molecular formula is C20H23FN2O2. The number of ether oxygens (including phenoxy) is 1. The Balaban J connectivity index is 1.99. The number of nitriles is 1. The first-order valence-corrected chi connectivity index (χ1v) is 8.28. The van der Waals surface area contributed by atoms with Crippen molar-refractivity contribution in [3.8, 4) is 11.8 Å². The summed E-state index contributed by atoms with van der Waals surface area (Å²) in [5.74, 6) is 0.276. The molecule has 0 fully saturated rings. The Morgan fingerprint density at radius 2 is 1.96 bits per heavy atom. The van der Waals surface area contributed by atoms with Gasteiger partial charge in [-0.1, -0.05) is 18.2 Å². The number of nitrogens with zero attached hydrogens (tertiary/aromatic N) is 1. The smallest absolute Gasteiger partial charge is 0.129 e. The van der Waals surface area contributed by atoms with Gasteiger partial charge in [0.15, 0.2) is 0 Å². The van der Waals surface area contributed by atoms with E-state index in [-0.39, 0.29) is 24.3 Å². The highest BCUT2D eigenvalue weighted by Gasteiger charge is 2.14. The van der Waals surface area contributed by atoms with Gasteiger partial charge in [0.25, 0.3) is 0 Å². The van der Waals surface area contributed by atoms with Gasteiger partial charge >= 0.3 is 0 Å². The summed E-state index contributed by atoms with van der Waals surface area (Å²) in [6, 6.07) is 13.3. The molecule has 2 N–H and O–H groups in total. The van der Waals surface area contributed by atoms with Gasteiger partial charge in [0.1, 0.15) is 11.6 Å². The number of rotatable bonds is 7. The molecule has 0 aliphatic carbocycles. The van der Waals surface area contributed by atoms with Crippen molar-refractivity contribution < 1.29 is 14.2 Å². The summed E-state index contributed by atoms with van der Waals surface area (Å²) in [7, 11) is 0. The SMILES string of the molecule is CC(C)Oc1cccc(C(O)CNC(C)c2ccc(C#N)cc2F)c1. The third-order valence-electron chi connectivity index (χ3n) is 3.83. The van der Waals surface area contributed by atoms with Crippen LogP contribution in [0.1, 0.15) is 49.6 Å². The van der Waals surface area contributed by atoms with Crippen molar-refractivity contribution in [3.63, 3.8) is 0 Å². The van der Waals surface area contributed by atoms with Crippen LogP contribution in [-0.4, -0.2) is 17.8 Å². The van der Waals surface area contributed by atoms with Gasteiger partial charge < -0.3 is 15.2 Å². The molecule has 0 saturated heterocycles. The van der Waals surface area contributed by atoms with Crippen LogP contribution in [-0.2, 0) is 0 Å². The van der Waals surface area contributed by atoms with E-state index in [0.29, 0.717) is 11.3 Å². The summed E-state index contributed by atoms with van der Waals surface area (Å²) in [4.78, 5) is 0. The Kier molecular flexibility index (Phi) is 6.51. The lowest BCUT2D eigenvalue weighted by atomic mass is 10.0. The van der Waals surface area contributed by atoms with Crippen LogP contribution in [0.4, 0.5) is 4.39 Å². The van der Waals surface area contributed by atoms with Crippen molar-refractivity contribution in [1.29, 1.82) is 5.26 Å². The zero-order valence-electron chi connectivity index (χ0n) is 14.7. The molecule has 0 bridgehead atoms. The van der Waals surface area contributed by atoms with E-state index in [1.165, 1.54) is 6.07 Å². The van der Waals surface area contributed by atoms with E-state index >= 15 is 0 Å². The summed E-state index contributed by atoms with van der Waals surface area (Å²) < 4.78 is 19.7. The first-order chi connectivity index (χ1) is 11.9. The number of nitrogens with one attached hydrogen (secondary N) is 1. The molecule has 0 aromatic heterocycles. The molecule has 4 nitrogen and oxygen atoms in total. The second-order valence-corrected chi connectivity index (χ2v) is 6.23. The predicted octanol–water partition coefficient (Wildman–Crippen LogP) is 3.87. The number of aliphatic hydroxyl groups is 1. The molecule has 2 rings (SSSR count). The van der Waals surface area contributed by atoms with Gasteiger partial charge in [-0.05, 0) is 50.6 Å². The van der Waals surface area contributed by atoms with Crippen LogP contribution in [0.5, 0.6) is 5.75 Å². The van der Waals surface area contributed by atoms with Crippen LogP contribution in [0.25, 0.3) is 0 Å². The molecule has 0 spiro atoms. The molecule has 0 amide bonds. The van der Waals surface area contributed by atoms with Gasteiger partial charge in [-0.3, -0.25) is 0 Å². The molecule has 25 heavy (non-hydrogen) atoms. The molecule has 2 unspecified atom stereocenters. The van der Waals surface area contributed by atoms with Gasteiger partial charge in [0.2, 0.25) is 0 Å². The Hall–Kier alpha value is -2.42. The quantitative estimate of drug-likeness (QED) is 0.802. The summed E-state index contributed by atoms with van der Waals surface area (Å²) in [6.07, 6.45) is -0.676. The van der Waals surface area contributed by atoms with Gasteiger partial charge in [-0.2, -0.15) is 5.26 Å². The van der Waals surface area contributed by atoms with Crippen molar-refractivity contribution >= 4 is 0 Å². The molecule has 2 aromatic carbocycles. The van der Waals surface area contributed by atoms with Crippen molar-refractivity contribution in [2.45, 2.75) is 39.0 Å². The summed E-state index contributed by atoms with van der Waals surface area (Å²) in [6.45, 7) is 5.97.